The lowest BCUT2D eigenvalue weighted by atomic mass is 10.1. The molecule has 1 aromatic heterocycles. The average Bonchev–Trinajstić information content (AvgIpc) is 3.14. The zero-order valence-corrected chi connectivity index (χ0v) is 18.2. The first kappa shape index (κ1) is 22.9. The fraction of sp³-hybridized carbons (Fsp3) is 0.632. The van der Waals surface area contributed by atoms with Crippen molar-refractivity contribution >= 4 is 27.7 Å². The van der Waals surface area contributed by atoms with Crippen LogP contribution in [0.25, 0.3) is 0 Å². The van der Waals surface area contributed by atoms with Crippen LogP contribution in [0.3, 0.4) is 0 Å². The first-order valence-electron chi connectivity index (χ1n) is 9.60. The highest BCUT2D eigenvalue weighted by atomic mass is 32.2. The predicted molar refractivity (Wildman–Crippen MR) is 106 cm³/mol. The van der Waals surface area contributed by atoms with Crippen LogP contribution in [-0.2, 0) is 24.1 Å². The number of ether oxygens (including phenoxy) is 2. The van der Waals surface area contributed by atoms with Crippen LogP contribution in [0, 0.1) is 13.8 Å². The van der Waals surface area contributed by atoms with E-state index in [0.29, 0.717) is 24.2 Å². The molecule has 1 saturated heterocycles. The second kappa shape index (κ2) is 8.98. The molecule has 29 heavy (non-hydrogen) atoms. The Labute approximate surface area is 170 Å². The van der Waals surface area contributed by atoms with Gasteiger partial charge in [-0.1, -0.05) is 0 Å². The van der Waals surface area contributed by atoms with E-state index in [4.69, 9.17) is 9.47 Å². The van der Waals surface area contributed by atoms with Gasteiger partial charge in [0.05, 0.1) is 23.7 Å². The van der Waals surface area contributed by atoms with Gasteiger partial charge in [0.2, 0.25) is 0 Å². The molecule has 0 aromatic carbocycles. The summed E-state index contributed by atoms with van der Waals surface area (Å²) in [6.07, 6.45) is -0.716. The number of carbonyl (C=O) groups is 3. The van der Waals surface area contributed by atoms with Gasteiger partial charge in [0.25, 0.3) is 5.91 Å². The number of nitrogens with one attached hydrogen (secondary N) is 1. The lowest BCUT2D eigenvalue weighted by Gasteiger charge is -2.29. The van der Waals surface area contributed by atoms with Crippen molar-refractivity contribution < 1.29 is 32.3 Å². The van der Waals surface area contributed by atoms with Crippen LogP contribution in [0.4, 0.5) is 0 Å². The molecule has 2 heterocycles. The normalized spacial score (nSPS) is 18.9. The number of rotatable bonds is 7. The maximum atomic E-state index is 12.8. The summed E-state index contributed by atoms with van der Waals surface area (Å²) in [6, 6.07) is -0.412. The zero-order chi connectivity index (χ0) is 21.9. The number of aryl methyl sites for hydroxylation is 1. The number of amides is 1. The molecule has 162 valence electrons. The second-order valence-corrected chi connectivity index (χ2v) is 9.30. The summed E-state index contributed by atoms with van der Waals surface area (Å²) in [5, 5.41) is 0. The van der Waals surface area contributed by atoms with Crippen molar-refractivity contribution in [2.24, 2.45) is 0 Å². The molecule has 2 rings (SSSR count). The molecule has 1 aromatic rings. The van der Waals surface area contributed by atoms with Crippen LogP contribution >= 0.6 is 0 Å². The van der Waals surface area contributed by atoms with Crippen molar-refractivity contribution in [1.29, 1.82) is 0 Å². The van der Waals surface area contributed by atoms with Gasteiger partial charge in [0.1, 0.15) is 5.69 Å². The maximum absolute atomic E-state index is 12.8. The highest BCUT2D eigenvalue weighted by Crippen LogP contribution is 2.22. The largest absolute Gasteiger partial charge is 0.461 e. The van der Waals surface area contributed by atoms with Crippen molar-refractivity contribution in [1.82, 2.24) is 9.88 Å². The molecule has 9 nitrogen and oxygen atoms in total. The predicted octanol–water partition coefficient (Wildman–Crippen LogP) is 1.39. The van der Waals surface area contributed by atoms with E-state index in [-0.39, 0.29) is 29.4 Å². The standard InChI is InChI=1S/C19H28N2O7S/c1-6-21(14-8-9-29(25,26)10-14)17(22)13(5)28-18(23)15-11(3)16(20-12(15)4)19(24)27-7-2/h13-14,20H,6-10H2,1-5H3/t13-,14+/m0/s1. The van der Waals surface area contributed by atoms with Crippen LogP contribution in [0.1, 0.15) is 59.3 Å². The summed E-state index contributed by atoms with van der Waals surface area (Å²) in [5.41, 5.74) is 1.17. The Hall–Kier alpha value is -2.36. The van der Waals surface area contributed by atoms with Crippen LogP contribution in [0.15, 0.2) is 0 Å². The molecule has 2 atom stereocenters. The smallest absolute Gasteiger partial charge is 0.355 e. The van der Waals surface area contributed by atoms with E-state index in [9.17, 15) is 22.8 Å². The van der Waals surface area contributed by atoms with Gasteiger partial charge in [-0.25, -0.2) is 18.0 Å². The number of H-pyrrole nitrogens is 1. The summed E-state index contributed by atoms with van der Waals surface area (Å²) < 4.78 is 33.8. The highest BCUT2D eigenvalue weighted by Gasteiger charge is 2.36. The fourth-order valence-corrected chi connectivity index (χ4v) is 5.31. The van der Waals surface area contributed by atoms with Gasteiger partial charge >= 0.3 is 11.9 Å². The molecular weight excluding hydrogens is 400 g/mol. The number of aromatic amines is 1. The summed E-state index contributed by atoms with van der Waals surface area (Å²) in [7, 11) is -3.15. The Morgan fingerprint density at radius 2 is 1.86 bits per heavy atom. The molecule has 1 amide bonds. The Morgan fingerprint density at radius 1 is 1.21 bits per heavy atom. The minimum atomic E-state index is -3.15. The average molecular weight is 429 g/mol. The minimum Gasteiger partial charge on any atom is -0.461 e. The summed E-state index contributed by atoms with van der Waals surface area (Å²) in [4.78, 5) is 41.7. The molecule has 1 fully saturated rings. The third kappa shape index (κ3) is 4.98. The number of aromatic nitrogens is 1. The number of likely N-dealkylation sites (N-methyl/N-ethyl adjacent to an activating group) is 1. The molecular formula is C19H28N2O7S. The maximum Gasteiger partial charge on any atom is 0.355 e. The van der Waals surface area contributed by atoms with E-state index in [1.165, 1.54) is 11.8 Å². The van der Waals surface area contributed by atoms with Crippen LogP contribution < -0.4 is 0 Å². The summed E-state index contributed by atoms with van der Waals surface area (Å²) >= 11 is 0. The van der Waals surface area contributed by atoms with Gasteiger partial charge in [0, 0.05) is 18.3 Å². The van der Waals surface area contributed by atoms with E-state index in [1.54, 1.807) is 27.7 Å². The fourth-order valence-electron chi connectivity index (χ4n) is 3.58. The number of sulfone groups is 1. The molecule has 1 aliphatic rings. The number of carbonyl (C=O) groups excluding carboxylic acids is 3. The number of nitrogens with zero attached hydrogens (tertiary/aromatic N) is 1. The van der Waals surface area contributed by atoms with Crippen molar-refractivity contribution in [2.75, 3.05) is 24.7 Å². The first-order chi connectivity index (χ1) is 13.5. The Bertz CT molecular complexity index is 904. The quantitative estimate of drug-likeness (QED) is 0.651. The molecule has 10 heteroatoms. The Morgan fingerprint density at radius 3 is 2.38 bits per heavy atom. The van der Waals surface area contributed by atoms with Gasteiger partial charge in [-0.3, -0.25) is 4.79 Å². The molecule has 0 saturated carbocycles. The third-order valence-electron chi connectivity index (χ3n) is 5.03. The van der Waals surface area contributed by atoms with Crippen molar-refractivity contribution in [3.8, 4) is 0 Å². The monoisotopic (exact) mass is 428 g/mol. The van der Waals surface area contributed by atoms with Crippen molar-refractivity contribution in [3.05, 3.63) is 22.5 Å². The number of hydrogen-bond acceptors (Lipinski definition) is 7. The molecule has 1 N–H and O–H groups in total. The molecule has 1 aliphatic heterocycles. The Kier molecular flexibility index (Phi) is 7.10. The zero-order valence-electron chi connectivity index (χ0n) is 17.4. The summed E-state index contributed by atoms with van der Waals surface area (Å²) in [6.45, 7) is 8.63. The second-order valence-electron chi connectivity index (χ2n) is 7.07. The van der Waals surface area contributed by atoms with Gasteiger partial charge in [0.15, 0.2) is 15.9 Å². The number of esters is 2. The third-order valence-corrected chi connectivity index (χ3v) is 6.78. The van der Waals surface area contributed by atoms with Crippen LogP contribution in [0.2, 0.25) is 0 Å². The lowest BCUT2D eigenvalue weighted by molar-refractivity contribution is -0.141. The topological polar surface area (TPSA) is 123 Å². The minimum absolute atomic E-state index is 0.0496. The SMILES string of the molecule is CCOC(=O)c1[nH]c(C)c(C(=O)O[C@@H](C)C(=O)N(CC)[C@@H]2CCS(=O)(=O)C2)c1C. The van der Waals surface area contributed by atoms with Gasteiger partial charge in [-0.15, -0.1) is 0 Å². The Balaban J connectivity index is 2.14. The number of hydrogen-bond donors (Lipinski definition) is 1. The molecule has 0 unspecified atom stereocenters. The van der Waals surface area contributed by atoms with Crippen LogP contribution in [0.5, 0.6) is 0 Å². The van der Waals surface area contributed by atoms with E-state index < -0.39 is 39.8 Å². The van der Waals surface area contributed by atoms with E-state index in [2.05, 4.69) is 4.98 Å². The van der Waals surface area contributed by atoms with E-state index >= 15 is 0 Å². The molecule has 0 spiro atoms. The van der Waals surface area contributed by atoms with Gasteiger partial charge in [-0.05, 0) is 46.6 Å². The summed E-state index contributed by atoms with van der Waals surface area (Å²) in [5.74, 6) is -1.78. The molecule has 0 bridgehead atoms. The van der Waals surface area contributed by atoms with Crippen molar-refractivity contribution in [2.45, 2.75) is 53.2 Å². The van der Waals surface area contributed by atoms with Crippen LogP contribution in [-0.4, -0.2) is 73.0 Å². The first-order valence-corrected chi connectivity index (χ1v) is 11.4. The van der Waals surface area contributed by atoms with Gasteiger partial charge in [-0.2, -0.15) is 0 Å². The van der Waals surface area contributed by atoms with Gasteiger partial charge < -0.3 is 19.4 Å². The highest BCUT2D eigenvalue weighted by molar-refractivity contribution is 7.91. The molecule has 0 radical (unpaired) electrons. The van der Waals surface area contributed by atoms with Crippen molar-refractivity contribution in [3.63, 3.8) is 0 Å². The van der Waals surface area contributed by atoms with E-state index in [1.807, 2.05) is 0 Å². The molecule has 0 aliphatic carbocycles. The van der Waals surface area contributed by atoms with E-state index in [0.717, 1.165) is 0 Å². The lowest BCUT2D eigenvalue weighted by Crippen LogP contribution is -2.46.